The predicted octanol–water partition coefficient (Wildman–Crippen LogP) is 4.02. The zero-order valence-corrected chi connectivity index (χ0v) is 14.1. The lowest BCUT2D eigenvalue weighted by Crippen LogP contribution is -2.23. The fourth-order valence-electron chi connectivity index (χ4n) is 2.09. The first-order valence-electron chi connectivity index (χ1n) is 7.09. The average molecular weight is 325 g/mol. The number of benzene rings is 1. The normalized spacial score (nSPS) is 11.2. The maximum atomic E-state index is 5.84. The van der Waals surface area contributed by atoms with E-state index in [-0.39, 0.29) is 0 Å². The standard InChI is InChI=1S/C16H21ClN2OS/c1-3-20-9-8-19(2)11-13-6-4-5-7-15(13)16-18-14(10-17)12-21-16/h4-7,12H,3,8-11H2,1-2H3. The van der Waals surface area contributed by atoms with Gasteiger partial charge in [-0.2, -0.15) is 0 Å². The van der Waals surface area contributed by atoms with Crippen LogP contribution in [0.3, 0.4) is 0 Å². The van der Waals surface area contributed by atoms with Gasteiger partial charge in [0.2, 0.25) is 0 Å². The van der Waals surface area contributed by atoms with Gasteiger partial charge in [-0.25, -0.2) is 4.98 Å². The van der Waals surface area contributed by atoms with Crippen molar-refractivity contribution in [3.8, 4) is 10.6 Å². The zero-order chi connectivity index (χ0) is 15.1. The molecule has 1 aromatic heterocycles. The molecule has 114 valence electrons. The van der Waals surface area contributed by atoms with Gasteiger partial charge in [0.25, 0.3) is 0 Å². The third-order valence-corrected chi connectivity index (χ3v) is 4.40. The lowest BCUT2D eigenvalue weighted by Gasteiger charge is -2.18. The van der Waals surface area contributed by atoms with E-state index in [4.69, 9.17) is 16.3 Å². The molecule has 0 saturated heterocycles. The van der Waals surface area contributed by atoms with Gasteiger partial charge in [-0.1, -0.05) is 24.3 Å². The van der Waals surface area contributed by atoms with E-state index < -0.39 is 0 Å². The van der Waals surface area contributed by atoms with Gasteiger partial charge < -0.3 is 4.74 Å². The molecular formula is C16H21ClN2OS. The second-order valence-electron chi connectivity index (χ2n) is 4.87. The summed E-state index contributed by atoms with van der Waals surface area (Å²) in [5.41, 5.74) is 3.42. The molecule has 0 saturated carbocycles. The highest BCUT2D eigenvalue weighted by atomic mass is 35.5. The number of hydrogen-bond donors (Lipinski definition) is 0. The van der Waals surface area contributed by atoms with Crippen LogP contribution in [0.2, 0.25) is 0 Å². The van der Waals surface area contributed by atoms with Crippen LogP contribution in [0.5, 0.6) is 0 Å². The fraction of sp³-hybridized carbons (Fsp3) is 0.438. The highest BCUT2D eigenvalue weighted by Crippen LogP contribution is 2.28. The number of nitrogens with zero attached hydrogens (tertiary/aromatic N) is 2. The Kier molecular flexibility index (Phi) is 6.64. The first kappa shape index (κ1) is 16.4. The third-order valence-electron chi connectivity index (χ3n) is 3.20. The molecule has 21 heavy (non-hydrogen) atoms. The maximum Gasteiger partial charge on any atom is 0.123 e. The van der Waals surface area contributed by atoms with Gasteiger partial charge in [0.15, 0.2) is 0 Å². The van der Waals surface area contributed by atoms with Crippen molar-refractivity contribution >= 4 is 22.9 Å². The summed E-state index contributed by atoms with van der Waals surface area (Å²) < 4.78 is 5.41. The summed E-state index contributed by atoms with van der Waals surface area (Å²) in [6, 6.07) is 8.42. The summed E-state index contributed by atoms with van der Waals surface area (Å²) in [4.78, 5) is 6.85. The molecule has 1 aromatic carbocycles. The number of ether oxygens (including phenoxy) is 1. The van der Waals surface area contributed by atoms with Gasteiger partial charge in [-0.15, -0.1) is 22.9 Å². The maximum absolute atomic E-state index is 5.84. The second-order valence-corrected chi connectivity index (χ2v) is 5.99. The van der Waals surface area contributed by atoms with Crippen LogP contribution in [-0.4, -0.2) is 36.7 Å². The minimum absolute atomic E-state index is 0.465. The summed E-state index contributed by atoms with van der Waals surface area (Å²) >= 11 is 7.50. The van der Waals surface area contributed by atoms with E-state index in [1.807, 2.05) is 12.3 Å². The van der Waals surface area contributed by atoms with Gasteiger partial charge in [-0.3, -0.25) is 4.90 Å². The molecule has 0 aliphatic heterocycles. The van der Waals surface area contributed by atoms with E-state index in [9.17, 15) is 0 Å². The van der Waals surface area contributed by atoms with Crippen LogP contribution in [0.25, 0.3) is 10.6 Å². The van der Waals surface area contributed by atoms with E-state index >= 15 is 0 Å². The van der Waals surface area contributed by atoms with Crippen LogP contribution in [0, 0.1) is 0 Å². The quantitative estimate of drug-likeness (QED) is 0.542. The number of aromatic nitrogens is 1. The number of halogens is 1. The van der Waals surface area contributed by atoms with Crippen molar-refractivity contribution < 1.29 is 4.74 Å². The number of likely N-dealkylation sites (N-methyl/N-ethyl adjacent to an activating group) is 1. The topological polar surface area (TPSA) is 25.4 Å². The minimum atomic E-state index is 0.465. The highest BCUT2D eigenvalue weighted by molar-refractivity contribution is 7.13. The fourth-order valence-corrected chi connectivity index (χ4v) is 3.20. The summed E-state index contributed by atoms with van der Waals surface area (Å²) in [5, 5.41) is 3.07. The molecule has 0 fully saturated rings. The molecule has 0 aliphatic carbocycles. The Morgan fingerprint density at radius 3 is 2.86 bits per heavy atom. The molecule has 0 aliphatic rings. The van der Waals surface area contributed by atoms with E-state index in [2.05, 4.69) is 41.2 Å². The lowest BCUT2D eigenvalue weighted by molar-refractivity contribution is 0.120. The number of hydrogen-bond acceptors (Lipinski definition) is 4. The first-order valence-corrected chi connectivity index (χ1v) is 8.51. The highest BCUT2D eigenvalue weighted by Gasteiger charge is 2.10. The molecule has 0 bridgehead atoms. The van der Waals surface area contributed by atoms with Crippen molar-refractivity contribution in [2.75, 3.05) is 26.8 Å². The van der Waals surface area contributed by atoms with Crippen molar-refractivity contribution in [2.24, 2.45) is 0 Å². The molecule has 0 amide bonds. The molecule has 0 unspecified atom stereocenters. The Hall–Kier alpha value is -0.940. The van der Waals surface area contributed by atoms with Crippen LogP contribution in [-0.2, 0) is 17.2 Å². The summed E-state index contributed by atoms with van der Waals surface area (Å²) in [6.45, 7) is 5.37. The SMILES string of the molecule is CCOCCN(C)Cc1ccccc1-c1nc(CCl)cs1. The number of thiazole rings is 1. The monoisotopic (exact) mass is 324 g/mol. The zero-order valence-electron chi connectivity index (χ0n) is 12.5. The Bertz CT molecular complexity index is 559. The Morgan fingerprint density at radius 2 is 2.14 bits per heavy atom. The van der Waals surface area contributed by atoms with Gasteiger partial charge in [0.05, 0.1) is 18.2 Å². The Balaban J connectivity index is 2.09. The third kappa shape index (κ3) is 4.78. The molecule has 5 heteroatoms. The van der Waals surface area contributed by atoms with Crippen LogP contribution >= 0.6 is 22.9 Å². The van der Waals surface area contributed by atoms with Gasteiger partial charge in [0.1, 0.15) is 5.01 Å². The second kappa shape index (κ2) is 8.49. The predicted molar refractivity (Wildman–Crippen MR) is 89.9 cm³/mol. The smallest absolute Gasteiger partial charge is 0.123 e. The molecule has 0 spiro atoms. The molecule has 3 nitrogen and oxygen atoms in total. The van der Waals surface area contributed by atoms with Crippen molar-refractivity contribution in [3.63, 3.8) is 0 Å². The van der Waals surface area contributed by atoms with Crippen molar-refractivity contribution in [3.05, 3.63) is 40.9 Å². The van der Waals surface area contributed by atoms with E-state index in [0.717, 1.165) is 37.0 Å². The van der Waals surface area contributed by atoms with Crippen LogP contribution < -0.4 is 0 Å². The van der Waals surface area contributed by atoms with Crippen LogP contribution in [0.4, 0.5) is 0 Å². The summed E-state index contributed by atoms with van der Waals surface area (Å²) in [7, 11) is 2.11. The molecule has 2 rings (SSSR count). The van der Waals surface area contributed by atoms with E-state index in [0.29, 0.717) is 5.88 Å². The molecule has 0 radical (unpaired) electrons. The van der Waals surface area contributed by atoms with E-state index in [1.165, 1.54) is 11.1 Å². The van der Waals surface area contributed by atoms with Gasteiger partial charge in [-0.05, 0) is 19.5 Å². The van der Waals surface area contributed by atoms with Gasteiger partial charge >= 0.3 is 0 Å². The van der Waals surface area contributed by atoms with Gasteiger partial charge in [0, 0.05) is 30.6 Å². The van der Waals surface area contributed by atoms with Crippen molar-refractivity contribution in [1.29, 1.82) is 0 Å². The van der Waals surface area contributed by atoms with Crippen molar-refractivity contribution in [2.45, 2.75) is 19.3 Å². The lowest BCUT2D eigenvalue weighted by atomic mass is 10.1. The van der Waals surface area contributed by atoms with Crippen LogP contribution in [0.1, 0.15) is 18.2 Å². The first-order chi connectivity index (χ1) is 10.2. The largest absolute Gasteiger partial charge is 0.380 e. The summed E-state index contributed by atoms with van der Waals surface area (Å²) in [5.74, 6) is 0.465. The molecule has 0 N–H and O–H groups in total. The Labute approximate surface area is 135 Å². The van der Waals surface area contributed by atoms with Crippen molar-refractivity contribution in [1.82, 2.24) is 9.88 Å². The molecule has 0 atom stereocenters. The van der Waals surface area contributed by atoms with E-state index in [1.54, 1.807) is 11.3 Å². The average Bonchev–Trinajstić information content (AvgIpc) is 2.97. The number of alkyl halides is 1. The molecule has 2 aromatic rings. The minimum Gasteiger partial charge on any atom is -0.380 e. The summed E-state index contributed by atoms with van der Waals surface area (Å²) in [6.07, 6.45) is 0. The molecule has 1 heterocycles. The van der Waals surface area contributed by atoms with Crippen LogP contribution in [0.15, 0.2) is 29.6 Å². The number of rotatable bonds is 8. The Morgan fingerprint density at radius 1 is 1.33 bits per heavy atom. The molecular weight excluding hydrogens is 304 g/mol.